The van der Waals surface area contributed by atoms with E-state index in [4.69, 9.17) is 10.5 Å². The zero-order valence-electron chi connectivity index (χ0n) is 10.6. The van der Waals surface area contributed by atoms with E-state index < -0.39 is 6.04 Å². The number of nitrogens with zero attached hydrogens (tertiary/aromatic N) is 2. The second kappa shape index (κ2) is 5.97. The molecule has 0 spiro atoms. The molecule has 1 aliphatic rings. The number of nitrogens with two attached hydrogens (primary N) is 1. The van der Waals surface area contributed by atoms with Crippen LogP contribution < -0.4 is 11.1 Å². The first-order chi connectivity index (χ1) is 8.66. The van der Waals surface area contributed by atoms with Crippen LogP contribution in [0.3, 0.4) is 0 Å². The van der Waals surface area contributed by atoms with Crippen molar-refractivity contribution in [2.24, 2.45) is 18.7 Å². The number of nitrogens with one attached hydrogen (secondary N) is 1. The van der Waals surface area contributed by atoms with E-state index in [0.29, 0.717) is 18.7 Å². The number of amides is 1. The van der Waals surface area contributed by atoms with Crippen LogP contribution in [0, 0.1) is 5.92 Å². The summed E-state index contributed by atoms with van der Waals surface area (Å²) in [5.74, 6) is 0.552. The fraction of sp³-hybridized carbons (Fsp3) is 0.667. The third kappa shape index (κ3) is 3.82. The molecule has 18 heavy (non-hydrogen) atoms. The molecule has 2 rings (SSSR count). The molecular weight excluding hydrogens is 232 g/mol. The van der Waals surface area contributed by atoms with Crippen molar-refractivity contribution in [3.05, 3.63) is 18.0 Å². The van der Waals surface area contributed by atoms with E-state index in [1.165, 1.54) is 12.8 Å². The zero-order chi connectivity index (χ0) is 13.0. The molecule has 1 amide bonds. The van der Waals surface area contributed by atoms with Gasteiger partial charge in [0.15, 0.2) is 0 Å². The fourth-order valence-corrected chi connectivity index (χ4v) is 1.64. The monoisotopic (exact) mass is 252 g/mol. The first kappa shape index (κ1) is 13.0. The highest BCUT2D eigenvalue weighted by molar-refractivity contribution is 5.82. The highest BCUT2D eigenvalue weighted by Gasteiger charge is 2.21. The van der Waals surface area contributed by atoms with Crippen LogP contribution in [-0.4, -0.2) is 35.4 Å². The van der Waals surface area contributed by atoms with Crippen molar-refractivity contribution in [3.63, 3.8) is 0 Å². The van der Waals surface area contributed by atoms with Crippen LogP contribution in [0.2, 0.25) is 0 Å². The molecular formula is C12H20N4O2. The molecule has 1 saturated carbocycles. The Bertz CT molecular complexity index is 401. The highest BCUT2D eigenvalue weighted by Crippen LogP contribution is 2.28. The number of aromatic nitrogens is 2. The van der Waals surface area contributed by atoms with Crippen molar-refractivity contribution >= 4 is 5.91 Å². The average molecular weight is 252 g/mol. The quantitative estimate of drug-likeness (QED) is 0.667. The number of hydrogen-bond acceptors (Lipinski definition) is 4. The number of aryl methyl sites for hydroxylation is 1. The molecule has 3 N–H and O–H groups in total. The largest absolute Gasteiger partial charge is 0.379 e. The van der Waals surface area contributed by atoms with Crippen molar-refractivity contribution in [2.45, 2.75) is 18.9 Å². The Morgan fingerprint density at radius 2 is 2.50 bits per heavy atom. The molecule has 0 bridgehead atoms. The van der Waals surface area contributed by atoms with Crippen LogP contribution in [0.15, 0.2) is 12.4 Å². The van der Waals surface area contributed by atoms with Crippen LogP contribution >= 0.6 is 0 Å². The molecule has 6 nitrogen and oxygen atoms in total. The van der Waals surface area contributed by atoms with Gasteiger partial charge in [-0.25, -0.2) is 0 Å². The summed E-state index contributed by atoms with van der Waals surface area (Å²) in [5.41, 5.74) is 6.54. The Morgan fingerprint density at radius 1 is 1.72 bits per heavy atom. The molecule has 1 heterocycles. The fourth-order valence-electron chi connectivity index (χ4n) is 1.64. The van der Waals surface area contributed by atoms with Crippen LogP contribution in [0.1, 0.15) is 24.4 Å². The normalized spacial score (nSPS) is 16.6. The second-order valence-electron chi connectivity index (χ2n) is 4.73. The Balaban J connectivity index is 1.63. The van der Waals surface area contributed by atoms with E-state index in [1.807, 2.05) is 0 Å². The van der Waals surface area contributed by atoms with Gasteiger partial charge in [0.2, 0.25) is 5.91 Å². The molecule has 0 aliphatic heterocycles. The van der Waals surface area contributed by atoms with E-state index in [-0.39, 0.29) is 5.91 Å². The molecule has 1 atom stereocenters. The van der Waals surface area contributed by atoms with E-state index in [9.17, 15) is 4.79 Å². The summed E-state index contributed by atoms with van der Waals surface area (Å²) in [7, 11) is 1.79. The van der Waals surface area contributed by atoms with Gasteiger partial charge in [0, 0.05) is 32.0 Å². The van der Waals surface area contributed by atoms with Crippen molar-refractivity contribution in [1.82, 2.24) is 15.1 Å². The van der Waals surface area contributed by atoms with Gasteiger partial charge in [-0.1, -0.05) is 0 Å². The molecule has 1 aromatic heterocycles. The van der Waals surface area contributed by atoms with Crippen LogP contribution in [0.4, 0.5) is 0 Å². The summed E-state index contributed by atoms with van der Waals surface area (Å²) < 4.78 is 7.05. The molecule has 1 aromatic rings. The molecule has 0 saturated heterocycles. The molecule has 1 fully saturated rings. The second-order valence-corrected chi connectivity index (χ2v) is 4.73. The van der Waals surface area contributed by atoms with Crippen molar-refractivity contribution < 1.29 is 9.53 Å². The van der Waals surface area contributed by atoms with E-state index in [2.05, 4.69) is 10.4 Å². The van der Waals surface area contributed by atoms with Crippen molar-refractivity contribution in [1.29, 1.82) is 0 Å². The number of hydrogen-bond donors (Lipinski definition) is 2. The number of carbonyl (C=O) groups excluding carboxylic acids is 1. The van der Waals surface area contributed by atoms with Crippen LogP contribution in [-0.2, 0) is 16.6 Å². The Morgan fingerprint density at radius 3 is 3.11 bits per heavy atom. The summed E-state index contributed by atoms with van der Waals surface area (Å²) in [6, 6.07) is -0.665. The lowest BCUT2D eigenvalue weighted by atomic mass is 10.1. The minimum Gasteiger partial charge on any atom is -0.379 e. The van der Waals surface area contributed by atoms with Gasteiger partial charge in [-0.15, -0.1) is 0 Å². The highest BCUT2D eigenvalue weighted by atomic mass is 16.5. The van der Waals surface area contributed by atoms with Gasteiger partial charge in [0.1, 0.15) is 6.04 Å². The summed E-state index contributed by atoms with van der Waals surface area (Å²) in [6.07, 6.45) is 5.90. The molecule has 100 valence electrons. The first-order valence-electron chi connectivity index (χ1n) is 6.26. The minimum absolute atomic E-state index is 0.196. The summed E-state index contributed by atoms with van der Waals surface area (Å²) in [6.45, 7) is 1.85. The summed E-state index contributed by atoms with van der Waals surface area (Å²) in [5, 5.41) is 6.75. The van der Waals surface area contributed by atoms with Gasteiger partial charge in [0.25, 0.3) is 0 Å². The molecule has 1 unspecified atom stereocenters. The third-order valence-electron chi connectivity index (χ3n) is 2.96. The topological polar surface area (TPSA) is 82.2 Å². The van der Waals surface area contributed by atoms with Gasteiger partial charge in [-0.3, -0.25) is 9.48 Å². The minimum atomic E-state index is -0.665. The molecule has 1 aliphatic carbocycles. The number of ether oxygens (including phenoxy) is 1. The Hall–Kier alpha value is -1.40. The SMILES string of the molecule is Cn1cc(C(N)C(=O)NCCOCC2CC2)cn1. The standard InChI is InChI=1S/C12H20N4O2/c1-16-7-10(6-15-16)11(13)12(17)14-4-5-18-8-9-2-3-9/h6-7,9,11H,2-5,8,13H2,1H3,(H,14,17). The van der Waals surface area contributed by atoms with E-state index >= 15 is 0 Å². The lowest BCUT2D eigenvalue weighted by molar-refractivity contribution is -0.122. The van der Waals surface area contributed by atoms with Gasteiger partial charge < -0.3 is 15.8 Å². The van der Waals surface area contributed by atoms with Crippen molar-refractivity contribution in [2.75, 3.05) is 19.8 Å². The zero-order valence-corrected chi connectivity index (χ0v) is 10.6. The molecule has 0 radical (unpaired) electrons. The Labute approximate surface area is 106 Å². The maximum Gasteiger partial charge on any atom is 0.241 e. The lowest BCUT2D eigenvalue weighted by Gasteiger charge is -2.10. The van der Waals surface area contributed by atoms with E-state index in [0.717, 1.165) is 12.5 Å². The maximum atomic E-state index is 11.7. The van der Waals surface area contributed by atoms with Crippen molar-refractivity contribution in [3.8, 4) is 0 Å². The predicted octanol–water partition coefficient (Wildman–Crippen LogP) is -0.0373. The van der Waals surface area contributed by atoms with E-state index in [1.54, 1.807) is 24.1 Å². The van der Waals surface area contributed by atoms with Gasteiger partial charge in [-0.2, -0.15) is 5.10 Å². The summed E-state index contributed by atoms with van der Waals surface area (Å²) >= 11 is 0. The molecule has 0 aromatic carbocycles. The van der Waals surface area contributed by atoms with Gasteiger partial charge in [0.05, 0.1) is 12.8 Å². The summed E-state index contributed by atoms with van der Waals surface area (Å²) in [4.78, 5) is 11.7. The predicted molar refractivity (Wildman–Crippen MR) is 66.7 cm³/mol. The van der Waals surface area contributed by atoms with Gasteiger partial charge in [-0.05, 0) is 18.8 Å². The number of carbonyl (C=O) groups is 1. The van der Waals surface area contributed by atoms with Crippen LogP contribution in [0.5, 0.6) is 0 Å². The third-order valence-corrected chi connectivity index (χ3v) is 2.96. The maximum absolute atomic E-state index is 11.7. The first-order valence-corrected chi connectivity index (χ1v) is 6.26. The van der Waals surface area contributed by atoms with Gasteiger partial charge >= 0.3 is 0 Å². The smallest absolute Gasteiger partial charge is 0.241 e. The lowest BCUT2D eigenvalue weighted by Crippen LogP contribution is -2.35. The number of rotatable bonds is 7. The Kier molecular flexibility index (Phi) is 4.33. The van der Waals surface area contributed by atoms with Crippen LogP contribution in [0.25, 0.3) is 0 Å². The molecule has 6 heteroatoms. The average Bonchev–Trinajstić information content (AvgIpc) is 3.08.